The lowest BCUT2D eigenvalue weighted by molar-refractivity contribution is 0.404. The second-order valence-electron chi connectivity index (χ2n) is 10.4. The standard InChI is InChI=1S/C29H38N4/c1-30-24-17-9-11-19-26(24)32(22-13-5-3-6-14-22)28(30)21-29-31(2)25-18-10-12-20-27(25)33(29)23-15-7-4-8-16-23/h9-12,17-23,28H,3-8,13-16H2,1-2H3/b29-21+. The van der Waals surface area contributed by atoms with Gasteiger partial charge in [0.05, 0.1) is 22.7 Å². The van der Waals surface area contributed by atoms with E-state index in [-0.39, 0.29) is 6.17 Å². The predicted molar refractivity (Wildman–Crippen MR) is 140 cm³/mol. The van der Waals surface area contributed by atoms with Crippen molar-refractivity contribution < 1.29 is 0 Å². The molecule has 0 aromatic heterocycles. The highest BCUT2D eigenvalue weighted by Crippen LogP contribution is 2.47. The van der Waals surface area contributed by atoms with E-state index in [0.717, 1.165) is 0 Å². The second-order valence-corrected chi connectivity index (χ2v) is 10.4. The molecule has 1 unspecified atom stereocenters. The average molecular weight is 443 g/mol. The molecule has 2 heterocycles. The van der Waals surface area contributed by atoms with E-state index in [9.17, 15) is 0 Å². The molecule has 6 rings (SSSR count). The summed E-state index contributed by atoms with van der Waals surface area (Å²) in [6.45, 7) is 0. The zero-order chi connectivity index (χ0) is 22.4. The molecule has 4 nitrogen and oxygen atoms in total. The van der Waals surface area contributed by atoms with E-state index in [4.69, 9.17) is 0 Å². The van der Waals surface area contributed by atoms with Gasteiger partial charge in [-0.2, -0.15) is 0 Å². The Labute approximate surface area is 199 Å². The number of rotatable bonds is 3. The Morgan fingerprint density at radius 3 is 1.85 bits per heavy atom. The van der Waals surface area contributed by atoms with E-state index in [1.807, 2.05) is 0 Å². The van der Waals surface area contributed by atoms with Gasteiger partial charge in [-0.05, 0) is 56.0 Å². The van der Waals surface area contributed by atoms with Gasteiger partial charge < -0.3 is 19.6 Å². The number of likely N-dealkylation sites (N-methyl/N-ethyl adjacent to an activating group) is 1. The molecule has 4 aliphatic rings. The molecule has 2 aromatic rings. The first kappa shape index (κ1) is 20.9. The zero-order valence-electron chi connectivity index (χ0n) is 20.3. The zero-order valence-corrected chi connectivity index (χ0v) is 20.3. The summed E-state index contributed by atoms with van der Waals surface area (Å²) in [7, 11) is 4.55. The van der Waals surface area contributed by atoms with Gasteiger partial charge in [0.1, 0.15) is 12.0 Å². The fraction of sp³-hybridized carbons (Fsp3) is 0.517. The van der Waals surface area contributed by atoms with Gasteiger partial charge in [0.15, 0.2) is 0 Å². The van der Waals surface area contributed by atoms with Crippen molar-refractivity contribution in [3.8, 4) is 0 Å². The fourth-order valence-electron chi connectivity index (χ4n) is 6.82. The third-order valence-electron chi connectivity index (χ3n) is 8.52. The first-order valence-corrected chi connectivity index (χ1v) is 13.2. The number of hydrogen-bond donors (Lipinski definition) is 0. The Hall–Kier alpha value is -2.62. The monoisotopic (exact) mass is 442 g/mol. The quantitative estimate of drug-likeness (QED) is 0.522. The lowest BCUT2D eigenvalue weighted by Gasteiger charge is -2.39. The summed E-state index contributed by atoms with van der Waals surface area (Å²) in [6, 6.07) is 19.3. The lowest BCUT2D eigenvalue weighted by Crippen LogP contribution is -2.48. The van der Waals surface area contributed by atoms with Crippen LogP contribution in [0.25, 0.3) is 0 Å². The Balaban J connectivity index is 1.43. The van der Waals surface area contributed by atoms with Gasteiger partial charge in [-0.1, -0.05) is 62.8 Å². The van der Waals surface area contributed by atoms with Gasteiger partial charge in [0.2, 0.25) is 0 Å². The van der Waals surface area contributed by atoms with E-state index < -0.39 is 0 Å². The van der Waals surface area contributed by atoms with Crippen LogP contribution in [0.2, 0.25) is 0 Å². The Morgan fingerprint density at radius 1 is 0.636 bits per heavy atom. The first-order valence-electron chi connectivity index (χ1n) is 13.2. The largest absolute Gasteiger partial charge is 0.349 e. The minimum absolute atomic E-state index is 0.253. The Kier molecular flexibility index (Phi) is 5.48. The van der Waals surface area contributed by atoms with Crippen LogP contribution < -0.4 is 19.6 Å². The van der Waals surface area contributed by atoms with E-state index in [2.05, 4.69) is 88.3 Å². The number of fused-ring (bicyclic) bond motifs is 2. The molecule has 0 amide bonds. The van der Waals surface area contributed by atoms with E-state index in [1.165, 1.54) is 92.8 Å². The summed E-state index contributed by atoms with van der Waals surface area (Å²) in [5.74, 6) is 1.37. The molecule has 2 aromatic carbocycles. The van der Waals surface area contributed by atoms with Gasteiger partial charge in [-0.15, -0.1) is 0 Å². The van der Waals surface area contributed by atoms with Crippen molar-refractivity contribution in [2.45, 2.75) is 82.5 Å². The lowest BCUT2D eigenvalue weighted by atomic mass is 9.93. The van der Waals surface area contributed by atoms with Crippen LogP contribution in [0.1, 0.15) is 64.2 Å². The van der Waals surface area contributed by atoms with Crippen LogP contribution in [-0.4, -0.2) is 32.3 Å². The Morgan fingerprint density at radius 2 is 1.18 bits per heavy atom. The number of anilines is 4. The molecule has 2 saturated carbocycles. The van der Waals surface area contributed by atoms with Crippen LogP contribution >= 0.6 is 0 Å². The minimum atomic E-state index is 0.253. The SMILES string of the molecule is CN1/C(=C\C2N(C)c3ccccc3N2C2CCCCC2)N(C2CCCCC2)c2ccccc21. The maximum atomic E-state index is 2.75. The second kappa shape index (κ2) is 8.62. The van der Waals surface area contributed by atoms with Gasteiger partial charge in [-0.25, -0.2) is 0 Å². The van der Waals surface area contributed by atoms with Crippen molar-refractivity contribution in [1.29, 1.82) is 0 Å². The highest BCUT2D eigenvalue weighted by atomic mass is 15.4. The fourth-order valence-corrected chi connectivity index (χ4v) is 6.82. The van der Waals surface area contributed by atoms with Gasteiger partial charge in [0, 0.05) is 26.2 Å². The smallest absolute Gasteiger partial charge is 0.125 e. The van der Waals surface area contributed by atoms with Crippen molar-refractivity contribution in [2.24, 2.45) is 0 Å². The van der Waals surface area contributed by atoms with Crippen LogP contribution in [0, 0.1) is 0 Å². The molecule has 0 saturated heterocycles. The highest BCUT2D eigenvalue weighted by Gasteiger charge is 2.40. The molecule has 2 aliphatic heterocycles. The summed E-state index contributed by atoms with van der Waals surface area (Å²) >= 11 is 0. The maximum Gasteiger partial charge on any atom is 0.125 e. The molecular weight excluding hydrogens is 404 g/mol. The molecule has 0 spiro atoms. The van der Waals surface area contributed by atoms with Crippen molar-refractivity contribution >= 4 is 22.7 Å². The number of para-hydroxylation sites is 4. The summed E-state index contributed by atoms with van der Waals surface area (Å²) in [6.07, 6.45) is 16.2. The molecular formula is C29H38N4. The molecule has 2 aliphatic carbocycles. The van der Waals surface area contributed by atoms with Crippen molar-refractivity contribution in [3.05, 3.63) is 60.4 Å². The van der Waals surface area contributed by atoms with Crippen LogP contribution in [0.4, 0.5) is 22.7 Å². The molecule has 4 heteroatoms. The number of nitrogens with zero attached hydrogens (tertiary/aromatic N) is 4. The van der Waals surface area contributed by atoms with E-state index in [0.29, 0.717) is 12.1 Å². The predicted octanol–water partition coefficient (Wildman–Crippen LogP) is 6.73. The Bertz CT molecular complexity index is 1020. The average Bonchev–Trinajstić information content (AvgIpc) is 3.32. The third kappa shape index (κ3) is 3.50. The molecule has 0 radical (unpaired) electrons. The van der Waals surface area contributed by atoms with Crippen molar-refractivity contribution in [2.75, 3.05) is 33.7 Å². The molecule has 0 bridgehead atoms. The van der Waals surface area contributed by atoms with E-state index in [1.54, 1.807) is 0 Å². The summed E-state index contributed by atoms with van der Waals surface area (Å²) in [4.78, 5) is 10.4. The summed E-state index contributed by atoms with van der Waals surface area (Å²) < 4.78 is 0. The maximum absolute atomic E-state index is 2.75. The molecule has 2 fully saturated rings. The molecule has 174 valence electrons. The number of hydrogen-bond acceptors (Lipinski definition) is 4. The van der Waals surface area contributed by atoms with Gasteiger partial charge in [0.25, 0.3) is 0 Å². The molecule has 0 N–H and O–H groups in total. The minimum Gasteiger partial charge on any atom is -0.349 e. The molecule has 33 heavy (non-hydrogen) atoms. The van der Waals surface area contributed by atoms with E-state index >= 15 is 0 Å². The topological polar surface area (TPSA) is 13.0 Å². The van der Waals surface area contributed by atoms with Crippen molar-refractivity contribution in [1.82, 2.24) is 0 Å². The van der Waals surface area contributed by atoms with Crippen LogP contribution in [0.15, 0.2) is 60.4 Å². The highest BCUT2D eigenvalue weighted by molar-refractivity contribution is 5.84. The van der Waals surface area contributed by atoms with Gasteiger partial charge >= 0.3 is 0 Å². The van der Waals surface area contributed by atoms with Crippen LogP contribution in [0.5, 0.6) is 0 Å². The number of benzene rings is 2. The first-order chi connectivity index (χ1) is 16.2. The summed E-state index contributed by atoms with van der Waals surface area (Å²) in [5.41, 5.74) is 5.51. The van der Waals surface area contributed by atoms with Crippen molar-refractivity contribution in [3.63, 3.8) is 0 Å². The van der Waals surface area contributed by atoms with Crippen LogP contribution in [0.3, 0.4) is 0 Å². The normalized spacial score (nSPS) is 25.2. The van der Waals surface area contributed by atoms with Gasteiger partial charge in [-0.3, -0.25) is 0 Å². The molecule has 1 atom stereocenters. The van der Waals surface area contributed by atoms with Crippen LogP contribution in [-0.2, 0) is 0 Å². The third-order valence-corrected chi connectivity index (χ3v) is 8.52. The summed E-state index contributed by atoms with van der Waals surface area (Å²) in [5, 5.41) is 0.